The van der Waals surface area contributed by atoms with Crippen molar-refractivity contribution < 1.29 is 14.4 Å². The Morgan fingerprint density at radius 2 is 1.82 bits per heavy atom. The molecule has 0 radical (unpaired) electrons. The van der Waals surface area contributed by atoms with Gasteiger partial charge in [-0.2, -0.15) is 0 Å². The molecule has 7 nitrogen and oxygen atoms in total. The average Bonchev–Trinajstić information content (AvgIpc) is 3.19. The van der Waals surface area contributed by atoms with Crippen LogP contribution >= 0.6 is 12.6 Å². The molecule has 4 atom stereocenters. The topological polar surface area (TPSA) is 105 Å². The Morgan fingerprint density at radius 1 is 1.32 bits per heavy atom. The van der Waals surface area contributed by atoms with E-state index in [2.05, 4.69) is 56.9 Å². The molecule has 0 bridgehead atoms. The molecular weight excluding hydrogens is 376 g/mol. The van der Waals surface area contributed by atoms with Crippen LogP contribution in [-0.4, -0.2) is 60.6 Å². The van der Waals surface area contributed by atoms with Crippen molar-refractivity contribution in [3.63, 3.8) is 0 Å². The number of nitrogens with one attached hydrogen (secondary N) is 2. The van der Waals surface area contributed by atoms with Crippen molar-refractivity contribution in [2.75, 3.05) is 20.1 Å². The number of unbranched alkanes of at least 4 members (excludes halogenated alkanes) is 1. The Kier molecular flexibility index (Phi) is 17.9. The number of carbonyl (C=O) groups is 3. The van der Waals surface area contributed by atoms with E-state index in [0.29, 0.717) is 24.1 Å². The van der Waals surface area contributed by atoms with Gasteiger partial charge in [-0.25, -0.2) is 0 Å². The smallest absolute Gasteiger partial charge is 0.243 e. The standard InChI is InChI=1S/C13H24N4O2.C4H10.C2H2.CH2OS/c1-8-6-9(8)16-12(18)11-4-3-5-17(11)13(19)10(7-14)15-2;1-3-4-2;1-2;2-1-3/h8-11,15H,3-7,14H2,1-2H3,(H,16,18);3-4H2,1-2H3;1-2H;1H,(H,2,3)/t8-,9?,10?,11?;;;/m1.../s1. The molecule has 28 heavy (non-hydrogen) atoms. The summed E-state index contributed by atoms with van der Waals surface area (Å²) in [6.07, 6.45) is 13.3. The molecule has 4 N–H and O–H groups in total. The maximum atomic E-state index is 12.3. The Labute approximate surface area is 176 Å². The lowest BCUT2D eigenvalue weighted by molar-refractivity contribution is -0.139. The number of likely N-dealkylation sites (N-methyl/N-ethyl adjacent to an activating group) is 1. The second kappa shape index (κ2) is 17.5. The highest BCUT2D eigenvalue weighted by molar-refractivity contribution is 7.94. The largest absolute Gasteiger partial charge is 0.351 e. The highest BCUT2D eigenvalue weighted by Gasteiger charge is 2.40. The predicted molar refractivity (Wildman–Crippen MR) is 119 cm³/mol. The number of amides is 2. The van der Waals surface area contributed by atoms with Crippen molar-refractivity contribution in [3.8, 4) is 12.8 Å². The van der Waals surface area contributed by atoms with Gasteiger partial charge >= 0.3 is 0 Å². The molecular formula is C20H38N4O3S. The minimum absolute atomic E-state index is 0.00734. The minimum atomic E-state index is -0.395. The summed E-state index contributed by atoms with van der Waals surface area (Å²) in [5, 5.41) is 5.92. The minimum Gasteiger partial charge on any atom is -0.351 e. The van der Waals surface area contributed by atoms with Crippen LogP contribution in [-0.2, 0) is 14.4 Å². The van der Waals surface area contributed by atoms with Gasteiger partial charge in [-0.15, -0.1) is 25.5 Å². The van der Waals surface area contributed by atoms with Crippen molar-refractivity contribution in [1.82, 2.24) is 15.5 Å². The van der Waals surface area contributed by atoms with Gasteiger partial charge < -0.3 is 21.3 Å². The second-order valence-corrected chi connectivity index (χ2v) is 6.91. The molecule has 1 aliphatic heterocycles. The van der Waals surface area contributed by atoms with Crippen molar-refractivity contribution in [2.24, 2.45) is 11.7 Å². The van der Waals surface area contributed by atoms with Crippen LogP contribution in [0.5, 0.6) is 0 Å². The van der Waals surface area contributed by atoms with Crippen LogP contribution in [0.3, 0.4) is 0 Å². The van der Waals surface area contributed by atoms with Gasteiger partial charge in [-0.1, -0.05) is 33.6 Å². The number of nitrogens with two attached hydrogens (primary N) is 1. The summed E-state index contributed by atoms with van der Waals surface area (Å²) < 4.78 is 0. The molecule has 0 aromatic heterocycles. The summed E-state index contributed by atoms with van der Waals surface area (Å²) in [6.45, 7) is 7.38. The van der Waals surface area contributed by atoms with Gasteiger partial charge in [0.25, 0.3) is 0 Å². The van der Waals surface area contributed by atoms with Crippen molar-refractivity contribution >= 4 is 30.1 Å². The van der Waals surface area contributed by atoms with Crippen LogP contribution in [0, 0.1) is 18.8 Å². The molecule has 0 spiro atoms. The first-order valence-corrected chi connectivity index (χ1v) is 10.3. The van der Waals surface area contributed by atoms with Gasteiger partial charge in [0.05, 0.1) is 6.04 Å². The third kappa shape index (κ3) is 10.7. The molecule has 162 valence electrons. The number of hydrogen-bond donors (Lipinski definition) is 4. The Morgan fingerprint density at radius 3 is 2.18 bits per heavy atom. The fourth-order valence-corrected chi connectivity index (χ4v) is 2.65. The molecule has 1 heterocycles. The first-order valence-electron chi connectivity index (χ1n) is 9.80. The van der Waals surface area contributed by atoms with Crippen LogP contribution in [0.1, 0.15) is 52.9 Å². The van der Waals surface area contributed by atoms with Crippen LogP contribution in [0.2, 0.25) is 0 Å². The van der Waals surface area contributed by atoms with E-state index in [1.165, 1.54) is 12.8 Å². The van der Waals surface area contributed by atoms with Gasteiger partial charge in [0.2, 0.25) is 11.8 Å². The number of rotatable bonds is 6. The zero-order valence-electron chi connectivity index (χ0n) is 17.7. The highest BCUT2D eigenvalue weighted by Crippen LogP contribution is 2.30. The SMILES string of the molecule is C#C.CCCC.CNC(CN)C(=O)N1CCCC1C(=O)NC1C[C@H]1C.O=CS. The molecule has 2 fully saturated rings. The molecule has 2 aliphatic rings. The lowest BCUT2D eigenvalue weighted by Gasteiger charge is -2.27. The molecule has 8 heteroatoms. The van der Waals surface area contributed by atoms with Crippen molar-refractivity contribution in [3.05, 3.63) is 0 Å². The Hall–Kier alpha value is -1.56. The van der Waals surface area contributed by atoms with Crippen LogP contribution < -0.4 is 16.4 Å². The molecule has 0 aromatic rings. The lowest BCUT2D eigenvalue weighted by Crippen LogP contribution is -2.54. The van der Waals surface area contributed by atoms with E-state index in [0.717, 1.165) is 19.3 Å². The fraction of sp³-hybridized carbons (Fsp3) is 0.750. The van der Waals surface area contributed by atoms with E-state index in [9.17, 15) is 9.59 Å². The number of hydrogen-bond acceptors (Lipinski definition) is 5. The summed E-state index contributed by atoms with van der Waals surface area (Å²) in [6, 6.07) is -0.407. The summed E-state index contributed by atoms with van der Waals surface area (Å²) in [5.41, 5.74) is 6.02. The number of nitrogens with zero attached hydrogens (tertiary/aromatic N) is 1. The maximum absolute atomic E-state index is 12.3. The first kappa shape index (κ1) is 28.6. The first-order chi connectivity index (χ1) is 13.4. The quantitative estimate of drug-likeness (QED) is 0.297. The van der Waals surface area contributed by atoms with Gasteiger partial charge in [0.15, 0.2) is 5.62 Å². The van der Waals surface area contributed by atoms with E-state index in [1.807, 2.05) is 0 Å². The van der Waals surface area contributed by atoms with Gasteiger partial charge in [-0.05, 0) is 32.2 Å². The zero-order valence-corrected chi connectivity index (χ0v) is 18.6. The molecule has 1 saturated carbocycles. The van der Waals surface area contributed by atoms with E-state index in [4.69, 9.17) is 10.5 Å². The van der Waals surface area contributed by atoms with Gasteiger partial charge in [-0.3, -0.25) is 14.4 Å². The van der Waals surface area contributed by atoms with E-state index < -0.39 is 6.04 Å². The third-order valence-corrected chi connectivity index (χ3v) is 4.66. The summed E-state index contributed by atoms with van der Waals surface area (Å²) in [4.78, 5) is 34.8. The Balaban J connectivity index is 0. The van der Waals surface area contributed by atoms with E-state index in [1.54, 1.807) is 11.9 Å². The molecule has 0 aromatic carbocycles. The van der Waals surface area contributed by atoms with Crippen molar-refractivity contribution in [2.45, 2.75) is 71.0 Å². The molecule has 2 rings (SSSR count). The Bertz CT molecular complexity index is 468. The molecule has 1 aliphatic carbocycles. The van der Waals surface area contributed by atoms with Gasteiger partial charge in [0, 0.05) is 19.1 Å². The van der Waals surface area contributed by atoms with E-state index >= 15 is 0 Å². The fourth-order valence-electron chi connectivity index (χ4n) is 2.65. The summed E-state index contributed by atoms with van der Waals surface area (Å²) >= 11 is 3.11. The van der Waals surface area contributed by atoms with Crippen LogP contribution in [0.25, 0.3) is 0 Å². The number of terminal acetylenes is 1. The average molecular weight is 415 g/mol. The van der Waals surface area contributed by atoms with Crippen molar-refractivity contribution in [1.29, 1.82) is 0 Å². The zero-order chi connectivity index (χ0) is 22.1. The highest BCUT2D eigenvalue weighted by atomic mass is 32.1. The predicted octanol–water partition coefficient (Wildman–Crippen LogP) is 1.21. The van der Waals surface area contributed by atoms with Gasteiger partial charge in [0.1, 0.15) is 6.04 Å². The summed E-state index contributed by atoms with van der Waals surface area (Å²) in [5.74, 6) is 0.502. The third-order valence-electron chi connectivity index (χ3n) is 4.66. The van der Waals surface area contributed by atoms with E-state index in [-0.39, 0.29) is 24.4 Å². The second-order valence-electron chi connectivity index (χ2n) is 6.70. The monoisotopic (exact) mass is 414 g/mol. The summed E-state index contributed by atoms with van der Waals surface area (Å²) in [7, 11) is 1.71. The number of carbonyl (C=O) groups excluding carboxylic acids is 3. The number of likely N-dealkylation sites (tertiary alicyclic amines) is 1. The molecule has 3 unspecified atom stereocenters. The van der Waals surface area contributed by atoms with Crippen LogP contribution in [0.4, 0.5) is 0 Å². The molecule has 1 saturated heterocycles. The lowest BCUT2D eigenvalue weighted by atomic mass is 10.2. The number of thiol groups is 1. The normalized spacial score (nSPS) is 22.7. The van der Waals surface area contributed by atoms with Crippen LogP contribution in [0.15, 0.2) is 0 Å². The maximum Gasteiger partial charge on any atom is 0.243 e. The molecule has 2 amide bonds.